The van der Waals surface area contributed by atoms with Crippen molar-refractivity contribution in [3.63, 3.8) is 0 Å². The molecule has 2 rings (SSSR count). The molecular weight excluding hydrogens is 234 g/mol. The lowest BCUT2D eigenvalue weighted by Gasteiger charge is -2.02. The second kappa shape index (κ2) is 5.63. The van der Waals surface area contributed by atoms with Crippen LogP contribution in [-0.2, 0) is 16.0 Å². The molecule has 1 aromatic rings. The summed E-state index contributed by atoms with van der Waals surface area (Å²) < 4.78 is 4.66. The summed E-state index contributed by atoms with van der Waals surface area (Å²) in [4.78, 5) is 17.0. The number of nitrogens with zero attached hydrogens (tertiary/aromatic N) is 1. The molecule has 0 saturated heterocycles. The summed E-state index contributed by atoms with van der Waals surface area (Å²) in [6.45, 7) is 2.04. The Labute approximate surface area is 106 Å². The molecule has 0 amide bonds. The molecule has 1 saturated carbocycles. The molecule has 3 nitrogen and oxygen atoms in total. The summed E-state index contributed by atoms with van der Waals surface area (Å²) in [5.41, 5.74) is 1.10. The largest absolute Gasteiger partial charge is 0.469 e. The van der Waals surface area contributed by atoms with Crippen molar-refractivity contribution in [2.75, 3.05) is 7.11 Å². The summed E-state index contributed by atoms with van der Waals surface area (Å²) in [5.74, 6) is 0.533. The Morgan fingerprint density at radius 3 is 2.82 bits per heavy atom. The first kappa shape index (κ1) is 12.6. The third kappa shape index (κ3) is 3.06. The van der Waals surface area contributed by atoms with E-state index in [-0.39, 0.29) is 5.97 Å². The monoisotopic (exact) mass is 253 g/mol. The van der Waals surface area contributed by atoms with Gasteiger partial charge < -0.3 is 4.74 Å². The van der Waals surface area contributed by atoms with E-state index in [0.717, 1.165) is 12.1 Å². The van der Waals surface area contributed by atoms with Crippen LogP contribution in [0.5, 0.6) is 0 Å². The van der Waals surface area contributed by atoms with E-state index < -0.39 is 0 Å². The number of hydrogen-bond donors (Lipinski definition) is 0. The van der Waals surface area contributed by atoms with Crippen molar-refractivity contribution in [3.05, 3.63) is 15.6 Å². The maximum atomic E-state index is 11.1. The fourth-order valence-corrected chi connectivity index (χ4v) is 3.58. The van der Waals surface area contributed by atoms with Crippen molar-refractivity contribution in [2.45, 2.75) is 51.4 Å². The normalized spacial score (nSPS) is 16.4. The molecule has 0 N–H and O–H groups in total. The summed E-state index contributed by atoms with van der Waals surface area (Å²) >= 11 is 1.79. The molecule has 0 unspecified atom stereocenters. The topological polar surface area (TPSA) is 39.2 Å². The minimum absolute atomic E-state index is 0.139. The number of thiazole rings is 1. The average Bonchev–Trinajstić information content (AvgIpc) is 2.95. The fraction of sp³-hybridized carbons (Fsp3) is 0.692. The average molecular weight is 253 g/mol. The van der Waals surface area contributed by atoms with Gasteiger partial charge in [0, 0.05) is 10.8 Å². The number of esters is 1. The lowest BCUT2D eigenvalue weighted by molar-refractivity contribution is -0.140. The van der Waals surface area contributed by atoms with Crippen LogP contribution in [0.3, 0.4) is 0 Å². The van der Waals surface area contributed by atoms with Gasteiger partial charge in [-0.15, -0.1) is 11.3 Å². The molecule has 0 atom stereocenters. The molecule has 1 aliphatic rings. The Balaban J connectivity index is 2.00. The molecule has 0 radical (unpaired) electrons. The van der Waals surface area contributed by atoms with Crippen LogP contribution in [0.25, 0.3) is 0 Å². The lowest BCUT2D eigenvalue weighted by atomic mass is 10.1. The van der Waals surface area contributed by atoms with E-state index in [1.165, 1.54) is 42.7 Å². The minimum atomic E-state index is -0.139. The highest BCUT2D eigenvalue weighted by Crippen LogP contribution is 2.37. The number of carbonyl (C=O) groups excluding carboxylic acids is 1. The number of hydrogen-bond acceptors (Lipinski definition) is 4. The number of rotatable bonds is 4. The summed E-state index contributed by atoms with van der Waals surface area (Å²) in [6.07, 6.45) is 6.46. The molecule has 1 aromatic heterocycles. The van der Waals surface area contributed by atoms with Crippen LogP contribution < -0.4 is 0 Å². The Kier molecular flexibility index (Phi) is 4.15. The maximum absolute atomic E-state index is 11.1. The molecule has 0 aliphatic heterocycles. The number of ether oxygens (including phenoxy) is 1. The van der Waals surface area contributed by atoms with E-state index >= 15 is 0 Å². The van der Waals surface area contributed by atoms with Crippen molar-refractivity contribution >= 4 is 17.3 Å². The first-order chi connectivity index (χ1) is 8.20. The van der Waals surface area contributed by atoms with Crippen LogP contribution in [0, 0.1) is 6.92 Å². The quantitative estimate of drug-likeness (QED) is 0.773. The van der Waals surface area contributed by atoms with E-state index in [1.54, 1.807) is 11.3 Å². The Hall–Kier alpha value is -0.900. The fourth-order valence-electron chi connectivity index (χ4n) is 2.35. The van der Waals surface area contributed by atoms with Crippen LogP contribution >= 0.6 is 11.3 Å². The predicted octanol–water partition coefficient (Wildman–Crippen LogP) is 3.21. The van der Waals surface area contributed by atoms with Gasteiger partial charge >= 0.3 is 5.97 Å². The zero-order chi connectivity index (χ0) is 12.3. The molecule has 4 heteroatoms. The number of aromatic nitrogens is 1. The highest BCUT2D eigenvalue weighted by Gasteiger charge is 2.21. The van der Waals surface area contributed by atoms with Gasteiger partial charge in [-0.05, 0) is 26.2 Å². The van der Waals surface area contributed by atoms with E-state index in [0.29, 0.717) is 12.3 Å². The summed E-state index contributed by atoms with van der Waals surface area (Å²) in [7, 11) is 1.44. The van der Waals surface area contributed by atoms with Crippen molar-refractivity contribution < 1.29 is 9.53 Å². The number of methoxy groups -OCH3 is 1. The zero-order valence-corrected chi connectivity index (χ0v) is 11.3. The molecule has 1 heterocycles. The standard InChI is InChI=1S/C13H19NO2S/c1-9-11(7-8-12(15)16-2)17-13(14-9)10-5-3-4-6-10/h10H,3-8H2,1-2H3. The number of carbonyl (C=O) groups is 1. The first-order valence-corrected chi connectivity index (χ1v) is 7.05. The van der Waals surface area contributed by atoms with Crippen molar-refractivity contribution in [1.29, 1.82) is 0 Å². The smallest absolute Gasteiger partial charge is 0.305 e. The van der Waals surface area contributed by atoms with Crippen LogP contribution in [-0.4, -0.2) is 18.1 Å². The van der Waals surface area contributed by atoms with E-state index in [9.17, 15) is 4.79 Å². The van der Waals surface area contributed by atoms with Gasteiger partial charge in [0.25, 0.3) is 0 Å². The Morgan fingerprint density at radius 2 is 2.18 bits per heavy atom. The van der Waals surface area contributed by atoms with Gasteiger partial charge in [-0.25, -0.2) is 4.98 Å². The van der Waals surface area contributed by atoms with Gasteiger partial charge in [0.05, 0.1) is 24.2 Å². The maximum Gasteiger partial charge on any atom is 0.305 e. The molecule has 17 heavy (non-hydrogen) atoms. The predicted molar refractivity (Wildman–Crippen MR) is 68.4 cm³/mol. The second-order valence-corrected chi connectivity index (χ2v) is 5.73. The van der Waals surface area contributed by atoms with Crippen LogP contribution in [0.15, 0.2) is 0 Å². The molecular formula is C13H19NO2S. The van der Waals surface area contributed by atoms with Crippen LogP contribution in [0.4, 0.5) is 0 Å². The molecule has 0 spiro atoms. The minimum Gasteiger partial charge on any atom is -0.469 e. The zero-order valence-electron chi connectivity index (χ0n) is 10.5. The number of aryl methyl sites for hydroxylation is 2. The molecule has 1 fully saturated rings. The van der Waals surface area contributed by atoms with Gasteiger partial charge in [-0.2, -0.15) is 0 Å². The first-order valence-electron chi connectivity index (χ1n) is 6.23. The molecule has 1 aliphatic carbocycles. The summed E-state index contributed by atoms with van der Waals surface area (Å²) in [6, 6.07) is 0. The third-order valence-corrected chi connectivity index (χ3v) is 4.78. The summed E-state index contributed by atoms with van der Waals surface area (Å²) in [5, 5.41) is 1.28. The van der Waals surface area contributed by atoms with Gasteiger partial charge in [0.1, 0.15) is 0 Å². The molecule has 0 bridgehead atoms. The van der Waals surface area contributed by atoms with Gasteiger partial charge in [-0.3, -0.25) is 4.79 Å². The van der Waals surface area contributed by atoms with Crippen molar-refractivity contribution in [3.8, 4) is 0 Å². The highest BCUT2D eigenvalue weighted by atomic mass is 32.1. The van der Waals surface area contributed by atoms with E-state index in [1.807, 2.05) is 6.92 Å². The van der Waals surface area contributed by atoms with E-state index in [4.69, 9.17) is 0 Å². The van der Waals surface area contributed by atoms with Gasteiger partial charge in [0.2, 0.25) is 0 Å². The van der Waals surface area contributed by atoms with Crippen LogP contribution in [0.1, 0.15) is 53.6 Å². The second-order valence-electron chi connectivity index (χ2n) is 4.62. The SMILES string of the molecule is COC(=O)CCc1sc(C2CCCC2)nc1C. The highest BCUT2D eigenvalue weighted by molar-refractivity contribution is 7.11. The van der Waals surface area contributed by atoms with Crippen molar-refractivity contribution in [2.24, 2.45) is 0 Å². The van der Waals surface area contributed by atoms with Gasteiger partial charge in [0.15, 0.2) is 0 Å². The van der Waals surface area contributed by atoms with Gasteiger partial charge in [-0.1, -0.05) is 12.8 Å². The molecule has 0 aromatic carbocycles. The van der Waals surface area contributed by atoms with Crippen molar-refractivity contribution in [1.82, 2.24) is 4.98 Å². The Bertz CT molecular complexity index is 394. The Morgan fingerprint density at radius 1 is 1.47 bits per heavy atom. The molecule has 94 valence electrons. The van der Waals surface area contributed by atoms with E-state index in [2.05, 4.69) is 9.72 Å². The lowest BCUT2D eigenvalue weighted by Crippen LogP contribution is -2.01. The van der Waals surface area contributed by atoms with Crippen LogP contribution in [0.2, 0.25) is 0 Å². The third-order valence-electron chi connectivity index (χ3n) is 3.40.